The van der Waals surface area contributed by atoms with E-state index in [4.69, 9.17) is 9.47 Å². The number of hydrogen-bond donors (Lipinski definition) is 0. The zero-order chi connectivity index (χ0) is 21.8. The summed E-state index contributed by atoms with van der Waals surface area (Å²) in [5.41, 5.74) is 4.36. The van der Waals surface area contributed by atoms with Gasteiger partial charge >= 0.3 is 0 Å². The molecule has 1 unspecified atom stereocenters. The highest BCUT2D eigenvalue weighted by atomic mass is 16.5. The Morgan fingerprint density at radius 1 is 1.23 bits per heavy atom. The molecule has 30 heavy (non-hydrogen) atoms. The minimum Gasteiger partial charge on any atom is -0.493 e. The van der Waals surface area contributed by atoms with Crippen LogP contribution in [0.1, 0.15) is 67.6 Å². The van der Waals surface area contributed by atoms with E-state index in [9.17, 15) is 9.59 Å². The lowest BCUT2D eigenvalue weighted by Crippen LogP contribution is -2.26. The van der Waals surface area contributed by atoms with Crippen molar-refractivity contribution >= 4 is 5.78 Å². The first-order valence-electron chi connectivity index (χ1n) is 10.9. The van der Waals surface area contributed by atoms with E-state index in [1.165, 1.54) is 0 Å². The van der Waals surface area contributed by atoms with Crippen molar-refractivity contribution in [3.63, 3.8) is 0 Å². The zero-order valence-corrected chi connectivity index (χ0v) is 18.8. The van der Waals surface area contributed by atoms with E-state index in [0.29, 0.717) is 36.9 Å². The van der Waals surface area contributed by atoms with E-state index in [1.807, 2.05) is 32.2 Å². The number of ether oxygens (including phenoxy) is 2. The van der Waals surface area contributed by atoms with Gasteiger partial charge in [-0.15, -0.1) is 0 Å². The summed E-state index contributed by atoms with van der Waals surface area (Å²) in [5.74, 6) is 1.13. The van der Waals surface area contributed by atoms with Gasteiger partial charge in [-0.1, -0.05) is 20.8 Å². The first-order valence-corrected chi connectivity index (χ1v) is 10.9. The number of ketones is 1. The van der Waals surface area contributed by atoms with Gasteiger partial charge < -0.3 is 14.0 Å². The van der Waals surface area contributed by atoms with Crippen molar-refractivity contribution in [1.82, 2.24) is 4.57 Å². The molecule has 5 heteroatoms. The van der Waals surface area contributed by atoms with Crippen LogP contribution in [0.3, 0.4) is 0 Å². The number of hydrogen-bond acceptors (Lipinski definition) is 4. The second-order valence-electron chi connectivity index (χ2n) is 8.50. The Morgan fingerprint density at radius 2 is 2.00 bits per heavy atom. The Kier molecular flexibility index (Phi) is 7.14. The van der Waals surface area contributed by atoms with E-state index in [0.717, 1.165) is 41.6 Å². The average molecular weight is 412 g/mol. The quantitative estimate of drug-likeness (QED) is 0.432. The van der Waals surface area contributed by atoms with Crippen LogP contribution in [0.25, 0.3) is 11.3 Å². The first-order chi connectivity index (χ1) is 14.4. The lowest BCUT2D eigenvalue weighted by molar-refractivity contribution is 0.0977. The van der Waals surface area contributed by atoms with Crippen molar-refractivity contribution in [2.75, 3.05) is 20.3 Å². The van der Waals surface area contributed by atoms with Crippen molar-refractivity contribution in [3.05, 3.63) is 51.3 Å². The summed E-state index contributed by atoms with van der Waals surface area (Å²) in [7, 11) is 1.67. The Hall–Kier alpha value is -2.40. The van der Waals surface area contributed by atoms with Gasteiger partial charge in [-0.3, -0.25) is 9.59 Å². The Bertz CT molecular complexity index is 974. The second-order valence-corrected chi connectivity index (χ2v) is 8.50. The monoisotopic (exact) mass is 411 g/mol. The van der Waals surface area contributed by atoms with Gasteiger partial charge in [-0.05, 0) is 43.4 Å². The maximum Gasteiger partial charge on any atom is 0.185 e. The molecule has 0 aliphatic carbocycles. The topological polar surface area (TPSA) is 57.5 Å². The Balaban J connectivity index is 2.13. The van der Waals surface area contributed by atoms with Crippen LogP contribution in [-0.2, 0) is 11.2 Å². The number of carbonyl (C=O) groups excluding carboxylic acids is 1. The van der Waals surface area contributed by atoms with Crippen molar-refractivity contribution in [2.45, 2.75) is 59.4 Å². The predicted octanol–water partition coefficient (Wildman–Crippen LogP) is 4.98. The minimum absolute atomic E-state index is 0.0259. The molecule has 5 nitrogen and oxygen atoms in total. The number of rotatable bonds is 9. The summed E-state index contributed by atoms with van der Waals surface area (Å²) in [6.07, 6.45) is 4.83. The molecule has 0 fully saturated rings. The molecule has 1 aromatic heterocycles. The Labute approximate surface area is 179 Å². The molecular weight excluding hydrogens is 378 g/mol. The highest BCUT2D eigenvalue weighted by Crippen LogP contribution is 2.40. The van der Waals surface area contributed by atoms with Crippen molar-refractivity contribution in [2.24, 2.45) is 5.92 Å². The van der Waals surface area contributed by atoms with E-state index >= 15 is 0 Å². The van der Waals surface area contributed by atoms with Crippen molar-refractivity contribution in [1.29, 1.82) is 0 Å². The summed E-state index contributed by atoms with van der Waals surface area (Å²) in [6, 6.07) is 5.94. The molecule has 162 valence electrons. The number of fused-ring (bicyclic) bond motifs is 3. The van der Waals surface area contributed by atoms with Crippen LogP contribution in [0, 0.1) is 12.8 Å². The standard InChI is InChI=1S/C25H33NO4/c1-6-8-23(27)20-13-19-18(12-25(20)30-10-7-9-29-5)11-21(16(2)3)26-15-17(4)24(28)14-22(19)26/h12-16,21H,6-11H2,1-5H3. The van der Waals surface area contributed by atoms with Gasteiger partial charge in [-0.25, -0.2) is 0 Å². The number of aromatic nitrogens is 1. The lowest BCUT2D eigenvalue weighted by Gasteiger charge is -2.34. The first kappa shape index (κ1) is 22.3. The molecule has 1 aliphatic heterocycles. The molecule has 0 saturated carbocycles. The molecule has 0 spiro atoms. The minimum atomic E-state index is 0.0259. The molecule has 1 aromatic carbocycles. The number of nitrogens with zero attached hydrogens (tertiary/aromatic N) is 1. The summed E-state index contributed by atoms with van der Waals surface area (Å²) in [5, 5.41) is 0. The third kappa shape index (κ3) is 4.51. The molecule has 2 aromatic rings. The van der Waals surface area contributed by atoms with Crippen LogP contribution < -0.4 is 10.2 Å². The van der Waals surface area contributed by atoms with Crippen LogP contribution in [0.5, 0.6) is 5.75 Å². The highest BCUT2D eigenvalue weighted by molar-refractivity contribution is 6.00. The fourth-order valence-corrected chi connectivity index (χ4v) is 4.14. The second kappa shape index (κ2) is 9.61. The lowest BCUT2D eigenvalue weighted by atomic mass is 9.85. The third-order valence-corrected chi connectivity index (χ3v) is 5.83. The molecule has 0 N–H and O–H groups in total. The molecule has 0 bridgehead atoms. The van der Waals surface area contributed by atoms with Crippen LogP contribution in [-0.4, -0.2) is 30.7 Å². The molecule has 0 saturated heterocycles. The van der Waals surface area contributed by atoms with Crippen LogP contribution in [0.4, 0.5) is 0 Å². The normalized spacial score (nSPS) is 15.1. The van der Waals surface area contributed by atoms with Gasteiger partial charge in [0.05, 0.1) is 17.9 Å². The molecule has 1 aliphatic rings. The van der Waals surface area contributed by atoms with E-state index in [2.05, 4.69) is 18.4 Å². The number of benzene rings is 1. The summed E-state index contributed by atoms with van der Waals surface area (Å²) >= 11 is 0. The number of Topliss-reactive ketones (excluding diaryl/α,β-unsaturated/α-hetero) is 1. The van der Waals surface area contributed by atoms with E-state index in [1.54, 1.807) is 13.2 Å². The van der Waals surface area contributed by atoms with Gasteiger partial charge in [0.1, 0.15) is 5.75 Å². The SMILES string of the molecule is CCCC(=O)c1cc2c(cc1OCCCOC)CC(C(C)C)n1cc(C)c(=O)cc1-2. The van der Waals surface area contributed by atoms with E-state index < -0.39 is 0 Å². The largest absolute Gasteiger partial charge is 0.493 e. The maximum atomic E-state index is 12.9. The molecule has 1 atom stereocenters. The van der Waals surface area contributed by atoms with Crippen molar-refractivity contribution < 1.29 is 14.3 Å². The van der Waals surface area contributed by atoms with Gasteiger partial charge in [-0.2, -0.15) is 0 Å². The molecule has 2 heterocycles. The number of aryl methyl sites for hydroxylation is 1. The summed E-state index contributed by atoms with van der Waals surface area (Å²) in [4.78, 5) is 25.3. The summed E-state index contributed by atoms with van der Waals surface area (Å²) in [6.45, 7) is 9.38. The van der Waals surface area contributed by atoms with Gasteiger partial charge in [0.15, 0.2) is 11.2 Å². The van der Waals surface area contributed by atoms with Crippen molar-refractivity contribution in [3.8, 4) is 17.0 Å². The smallest absolute Gasteiger partial charge is 0.185 e. The highest BCUT2D eigenvalue weighted by Gasteiger charge is 2.28. The molecule has 0 amide bonds. The fraction of sp³-hybridized carbons (Fsp3) is 0.520. The summed E-state index contributed by atoms with van der Waals surface area (Å²) < 4.78 is 13.4. The van der Waals surface area contributed by atoms with Gasteiger partial charge in [0, 0.05) is 56.0 Å². The third-order valence-electron chi connectivity index (χ3n) is 5.83. The molecule has 3 rings (SSSR count). The van der Waals surface area contributed by atoms with Gasteiger partial charge in [0.2, 0.25) is 0 Å². The van der Waals surface area contributed by atoms with Gasteiger partial charge in [0.25, 0.3) is 0 Å². The Morgan fingerprint density at radius 3 is 2.67 bits per heavy atom. The van der Waals surface area contributed by atoms with Crippen LogP contribution >= 0.6 is 0 Å². The number of carbonyl (C=O) groups is 1. The van der Waals surface area contributed by atoms with E-state index in [-0.39, 0.29) is 17.3 Å². The van der Waals surface area contributed by atoms with Crippen LogP contribution in [0.2, 0.25) is 0 Å². The molecule has 0 radical (unpaired) electrons. The maximum absolute atomic E-state index is 12.9. The van der Waals surface area contributed by atoms with Crippen LogP contribution in [0.15, 0.2) is 29.2 Å². The zero-order valence-electron chi connectivity index (χ0n) is 18.8. The number of methoxy groups -OCH3 is 1. The predicted molar refractivity (Wildman–Crippen MR) is 120 cm³/mol. The molecular formula is C25H33NO4. The number of pyridine rings is 1. The average Bonchev–Trinajstić information content (AvgIpc) is 2.71. The fourth-order valence-electron chi connectivity index (χ4n) is 4.14.